The number of carbonyl (C=O) groups excluding carboxylic acids is 1. The second-order valence-electron chi connectivity index (χ2n) is 4.91. The van der Waals surface area contributed by atoms with Crippen LogP contribution in [0, 0.1) is 0 Å². The Balaban J connectivity index is 2.14. The first kappa shape index (κ1) is 17.5. The molecule has 0 bridgehead atoms. The van der Waals surface area contributed by atoms with Crippen LogP contribution in [0.25, 0.3) is 0 Å². The van der Waals surface area contributed by atoms with Gasteiger partial charge in [-0.2, -0.15) is 5.10 Å². The Morgan fingerprint density at radius 3 is 2.54 bits per heavy atom. The highest BCUT2D eigenvalue weighted by Gasteiger charge is 2.09. The van der Waals surface area contributed by atoms with Crippen LogP contribution >= 0.6 is 0 Å². The van der Waals surface area contributed by atoms with E-state index < -0.39 is 0 Å². The summed E-state index contributed by atoms with van der Waals surface area (Å²) < 4.78 is 11.1. The first-order chi connectivity index (χ1) is 11.7. The van der Waals surface area contributed by atoms with E-state index in [1.165, 1.54) is 6.20 Å². The van der Waals surface area contributed by atoms with Gasteiger partial charge in [-0.3, -0.25) is 9.78 Å². The van der Waals surface area contributed by atoms with Gasteiger partial charge >= 0.3 is 0 Å². The molecule has 1 N–H and O–H groups in total. The second kappa shape index (κ2) is 8.67. The fourth-order valence-electron chi connectivity index (χ4n) is 2.04. The topological polar surface area (TPSA) is 72.8 Å². The molecule has 6 nitrogen and oxygen atoms in total. The molecule has 24 heavy (non-hydrogen) atoms. The number of hydrogen-bond acceptors (Lipinski definition) is 5. The summed E-state index contributed by atoms with van der Waals surface area (Å²) in [6.45, 7) is 6.75. The van der Waals surface area contributed by atoms with Gasteiger partial charge in [-0.05, 0) is 51.1 Å². The first-order valence-electron chi connectivity index (χ1n) is 7.80. The molecular formula is C18H21N3O3. The summed E-state index contributed by atoms with van der Waals surface area (Å²) in [5.74, 6) is 1.04. The number of aromatic nitrogens is 1. The Morgan fingerprint density at radius 1 is 1.12 bits per heavy atom. The van der Waals surface area contributed by atoms with Crippen LogP contribution in [0.15, 0.2) is 47.8 Å². The van der Waals surface area contributed by atoms with E-state index in [9.17, 15) is 4.79 Å². The van der Waals surface area contributed by atoms with Crippen molar-refractivity contribution in [1.82, 2.24) is 10.4 Å². The zero-order valence-corrected chi connectivity index (χ0v) is 14.1. The summed E-state index contributed by atoms with van der Waals surface area (Å²) in [6.07, 6.45) is 3.10. The summed E-state index contributed by atoms with van der Waals surface area (Å²) in [5, 5.41) is 4.14. The zero-order valence-electron chi connectivity index (χ0n) is 14.1. The molecule has 1 heterocycles. The zero-order chi connectivity index (χ0) is 17.4. The number of pyridine rings is 1. The summed E-state index contributed by atoms with van der Waals surface area (Å²) in [5.41, 5.74) is 4.48. The number of ether oxygens (including phenoxy) is 2. The molecule has 0 saturated heterocycles. The van der Waals surface area contributed by atoms with Crippen LogP contribution in [0.2, 0.25) is 0 Å². The van der Waals surface area contributed by atoms with Gasteiger partial charge in [0.1, 0.15) is 0 Å². The minimum Gasteiger partial charge on any atom is -0.490 e. The summed E-state index contributed by atoms with van der Waals surface area (Å²) in [7, 11) is 0. The Morgan fingerprint density at radius 2 is 1.88 bits per heavy atom. The number of benzene rings is 1. The molecule has 0 spiro atoms. The average Bonchev–Trinajstić information content (AvgIpc) is 2.62. The molecule has 1 amide bonds. The molecule has 2 rings (SSSR count). The van der Waals surface area contributed by atoms with E-state index in [1.807, 2.05) is 39.0 Å². The van der Waals surface area contributed by atoms with Crippen LogP contribution in [0.3, 0.4) is 0 Å². The molecule has 0 aliphatic carbocycles. The monoisotopic (exact) mass is 327 g/mol. The van der Waals surface area contributed by atoms with E-state index >= 15 is 0 Å². The Bertz CT molecular complexity index is 715. The van der Waals surface area contributed by atoms with Gasteiger partial charge in [0.2, 0.25) is 0 Å². The number of nitrogens with one attached hydrogen (secondary N) is 1. The first-order valence-corrected chi connectivity index (χ1v) is 7.80. The molecule has 1 aromatic heterocycles. The van der Waals surface area contributed by atoms with Gasteiger partial charge < -0.3 is 9.47 Å². The molecule has 6 heteroatoms. The predicted octanol–water partition coefficient (Wildman–Crippen LogP) is 3.03. The maximum Gasteiger partial charge on any atom is 0.272 e. The number of nitrogens with zero attached hydrogens (tertiary/aromatic N) is 2. The van der Waals surface area contributed by atoms with E-state index in [4.69, 9.17) is 9.47 Å². The summed E-state index contributed by atoms with van der Waals surface area (Å²) in [6, 6.07) is 8.95. The molecule has 0 aliphatic rings. The summed E-state index contributed by atoms with van der Waals surface area (Å²) >= 11 is 0. The van der Waals surface area contributed by atoms with Crippen LogP contribution in [0.4, 0.5) is 0 Å². The third-order valence-corrected chi connectivity index (χ3v) is 3.21. The van der Waals surface area contributed by atoms with Crippen molar-refractivity contribution in [1.29, 1.82) is 0 Å². The molecule has 0 atom stereocenters. The number of hydrogen-bond donors (Lipinski definition) is 1. The maximum atomic E-state index is 12.0. The van der Waals surface area contributed by atoms with Crippen molar-refractivity contribution in [2.75, 3.05) is 13.2 Å². The van der Waals surface area contributed by atoms with E-state index in [-0.39, 0.29) is 5.91 Å². The highest BCUT2D eigenvalue weighted by Crippen LogP contribution is 2.28. The minimum absolute atomic E-state index is 0.307. The predicted molar refractivity (Wildman–Crippen MR) is 92.7 cm³/mol. The number of hydrazone groups is 1. The lowest BCUT2D eigenvalue weighted by molar-refractivity contribution is 0.0954. The molecule has 2 aromatic rings. The van der Waals surface area contributed by atoms with Crippen LogP contribution in [-0.2, 0) is 0 Å². The van der Waals surface area contributed by atoms with Crippen molar-refractivity contribution in [3.63, 3.8) is 0 Å². The van der Waals surface area contributed by atoms with Crippen molar-refractivity contribution < 1.29 is 14.3 Å². The molecule has 126 valence electrons. The molecule has 0 aliphatic heterocycles. The van der Waals surface area contributed by atoms with E-state index in [0.29, 0.717) is 36.0 Å². The molecule has 0 radical (unpaired) electrons. The normalized spacial score (nSPS) is 11.0. The van der Waals surface area contributed by atoms with Gasteiger partial charge in [0.25, 0.3) is 5.91 Å². The number of rotatable bonds is 7. The van der Waals surface area contributed by atoms with Crippen LogP contribution < -0.4 is 14.9 Å². The minimum atomic E-state index is -0.307. The Hall–Kier alpha value is -2.89. The number of amides is 1. The van der Waals surface area contributed by atoms with E-state index in [2.05, 4.69) is 15.5 Å². The van der Waals surface area contributed by atoms with Gasteiger partial charge in [0, 0.05) is 18.0 Å². The van der Waals surface area contributed by atoms with Gasteiger partial charge in [-0.15, -0.1) is 0 Å². The fraction of sp³-hybridized carbons (Fsp3) is 0.278. The highest BCUT2D eigenvalue weighted by atomic mass is 16.5. The number of carbonyl (C=O) groups is 1. The van der Waals surface area contributed by atoms with E-state index in [1.54, 1.807) is 18.3 Å². The lowest BCUT2D eigenvalue weighted by Crippen LogP contribution is -2.19. The van der Waals surface area contributed by atoms with Crippen molar-refractivity contribution >= 4 is 11.6 Å². The SMILES string of the molecule is CCOc1ccc(/C(C)=N\NC(=O)c2cccnc2)cc1OCC. The van der Waals surface area contributed by atoms with Gasteiger partial charge in [-0.1, -0.05) is 0 Å². The van der Waals surface area contributed by atoms with Crippen LogP contribution in [0.1, 0.15) is 36.7 Å². The van der Waals surface area contributed by atoms with Crippen molar-refractivity contribution in [3.05, 3.63) is 53.9 Å². The smallest absolute Gasteiger partial charge is 0.272 e. The highest BCUT2D eigenvalue weighted by molar-refractivity contribution is 6.01. The molecule has 0 saturated carbocycles. The molecule has 1 aromatic carbocycles. The van der Waals surface area contributed by atoms with Crippen LogP contribution in [-0.4, -0.2) is 29.8 Å². The van der Waals surface area contributed by atoms with Crippen molar-refractivity contribution in [2.24, 2.45) is 5.10 Å². The molecule has 0 fully saturated rings. The molecule has 0 unspecified atom stereocenters. The van der Waals surface area contributed by atoms with Crippen LogP contribution in [0.5, 0.6) is 11.5 Å². The quantitative estimate of drug-likeness (QED) is 0.627. The van der Waals surface area contributed by atoms with Crippen molar-refractivity contribution in [3.8, 4) is 11.5 Å². The second-order valence-corrected chi connectivity index (χ2v) is 4.91. The largest absolute Gasteiger partial charge is 0.490 e. The summed E-state index contributed by atoms with van der Waals surface area (Å²) in [4.78, 5) is 15.9. The average molecular weight is 327 g/mol. The van der Waals surface area contributed by atoms with E-state index in [0.717, 1.165) is 5.56 Å². The van der Waals surface area contributed by atoms with Gasteiger partial charge in [-0.25, -0.2) is 5.43 Å². The fourth-order valence-corrected chi connectivity index (χ4v) is 2.04. The Kier molecular flexibility index (Phi) is 6.31. The van der Waals surface area contributed by atoms with Gasteiger partial charge in [0.15, 0.2) is 11.5 Å². The van der Waals surface area contributed by atoms with Gasteiger partial charge in [0.05, 0.1) is 24.5 Å². The third-order valence-electron chi connectivity index (χ3n) is 3.21. The standard InChI is InChI=1S/C18H21N3O3/c1-4-23-16-9-8-14(11-17(16)24-5-2)13(3)20-21-18(22)15-7-6-10-19-12-15/h6-12H,4-5H2,1-3H3,(H,21,22)/b20-13-. The van der Waals surface area contributed by atoms with Crippen molar-refractivity contribution in [2.45, 2.75) is 20.8 Å². The molecular weight excluding hydrogens is 306 g/mol. The maximum absolute atomic E-state index is 12.0. The lowest BCUT2D eigenvalue weighted by atomic mass is 10.1. The lowest BCUT2D eigenvalue weighted by Gasteiger charge is -2.12. The third kappa shape index (κ3) is 4.55. The Labute approximate surface area is 141 Å².